The van der Waals surface area contributed by atoms with Gasteiger partial charge in [0.1, 0.15) is 18.1 Å². The van der Waals surface area contributed by atoms with Crippen molar-refractivity contribution in [1.82, 2.24) is 26.3 Å². The van der Waals surface area contributed by atoms with Crippen molar-refractivity contribution in [3.63, 3.8) is 0 Å². The minimum atomic E-state index is -1.14. The number of aromatic amines is 1. The van der Waals surface area contributed by atoms with Crippen LogP contribution in [0.25, 0.3) is 10.9 Å². The molecule has 1 fully saturated rings. The highest BCUT2D eigenvalue weighted by atomic mass is 16.4. The van der Waals surface area contributed by atoms with Crippen molar-refractivity contribution in [2.45, 2.75) is 64.2 Å². The molecule has 0 aliphatic carbocycles. The molecular formula is C24H33N5O5. The number of rotatable bonds is 10. The molecule has 10 heteroatoms. The van der Waals surface area contributed by atoms with E-state index >= 15 is 0 Å². The Balaban J connectivity index is 1.73. The van der Waals surface area contributed by atoms with Gasteiger partial charge in [-0.05, 0) is 43.9 Å². The van der Waals surface area contributed by atoms with E-state index in [2.05, 4.69) is 26.3 Å². The van der Waals surface area contributed by atoms with E-state index in [-0.39, 0.29) is 24.3 Å². The number of aliphatic carboxylic acids is 1. The van der Waals surface area contributed by atoms with E-state index in [1.165, 1.54) is 6.92 Å². The number of carboxylic acids is 1. The fraction of sp³-hybridized carbons (Fsp3) is 0.500. The minimum Gasteiger partial charge on any atom is -0.480 e. The average molecular weight is 472 g/mol. The number of hydrogen-bond acceptors (Lipinski definition) is 5. The van der Waals surface area contributed by atoms with Gasteiger partial charge in [0.2, 0.25) is 17.7 Å². The highest BCUT2D eigenvalue weighted by molar-refractivity contribution is 5.94. The number of para-hydroxylation sites is 1. The van der Waals surface area contributed by atoms with Crippen LogP contribution in [0.1, 0.15) is 39.2 Å². The number of nitrogens with one attached hydrogen (secondary N) is 5. The highest BCUT2D eigenvalue weighted by Gasteiger charge is 2.31. The molecule has 1 saturated heterocycles. The summed E-state index contributed by atoms with van der Waals surface area (Å²) in [5.74, 6) is -2.85. The summed E-state index contributed by atoms with van der Waals surface area (Å²) in [7, 11) is 0. The summed E-state index contributed by atoms with van der Waals surface area (Å²) < 4.78 is 0. The van der Waals surface area contributed by atoms with Gasteiger partial charge in [0.15, 0.2) is 0 Å². The first-order valence-corrected chi connectivity index (χ1v) is 11.6. The zero-order chi connectivity index (χ0) is 24.8. The summed E-state index contributed by atoms with van der Waals surface area (Å²) in [5, 5.41) is 21.3. The predicted octanol–water partition coefficient (Wildman–Crippen LogP) is 0.677. The summed E-state index contributed by atoms with van der Waals surface area (Å²) in [5.41, 5.74) is 1.78. The third-order valence-electron chi connectivity index (χ3n) is 6.09. The Kier molecular flexibility index (Phi) is 8.27. The lowest BCUT2D eigenvalue weighted by Crippen LogP contribution is -2.57. The summed E-state index contributed by atoms with van der Waals surface area (Å²) in [6.07, 6.45) is 3.61. The number of hydrogen-bond donors (Lipinski definition) is 6. The lowest BCUT2D eigenvalue weighted by Gasteiger charge is -2.24. The molecule has 3 amide bonds. The number of carbonyl (C=O) groups is 4. The van der Waals surface area contributed by atoms with Crippen molar-refractivity contribution in [2.75, 3.05) is 6.54 Å². The van der Waals surface area contributed by atoms with E-state index in [9.17, 15) is 24.3 Å². The van der Waals surface area contributed by atoms with Crippen LogP contribution in [-0.2, 0) is 25.6 Å². The summed E-state index contributed by atoms with van der Waals surface area (Å²) in [4.78, 5) is 53.1. The van der Waals surface area contributed by atoms with Crippen LogP contribution in [0, 0.1) is 5.92 Å². The third kappa shape index (κ3) is 6.13. The summed E-state index contributed by atoms with van der Waals surface area (Å²) >= 11 is 0. The maximum Gasteiger partial charge on any atom is 0.326 e. The van der Waals surface area contributed by atoms with Gasteiger partial charge in [-0.15, -0.1) is 0 Å². The van der Waals surface area contributed by atoms with Crippen LogP contribution >= 0.6 is 0 Å². The number of amides is 3. The molecule has 0 spiro atoms. The number of aromatic nitrogens is 1. The van der Waals surface area contributed by atoms with Gasteiger partial charge in [0.25, 0.3) is 0 Å². The van der Waals surface area contributed by atoms with Crippen LogP contribution in [0.15, 0.2) is 30.5 Å². The first kappa shape index (κ1) is 25.2. The van der Waals surface area contributed by atoms with E-state index in [1.54, 1.807) is 20.0 Å². The van der Waals surface area contributed by atoms with Gasteiger partial charge in [0.05, 0.1) is 6.04 Å². The molecular weight excluding hydrogens is 438 g/mol. The van der Waals surface area contributed by atoms with Crippen LogP contribution in [0.4, 0.5) is 0 Å². The molecule has 1 aromatic heterocycles. The van der Waals surface area contributed by atoms with Crippen LogP contribution < -0.4 is 21.3 Å². The zero-order valence-corrected chi connectivity index (χ0v) is 19.7. The normalized spacial score (nSPS) is 18.3. The summed E-state index contributed by atoms with van der Waals surface area (Å²) in [6, 6.07) is 4.34. The first-order chi connectivity index (χ1) is 16.2. The molecule has 34 heavy (non-hydrogen) atoms. The molecule has 4 unspecified atom stereocenters. The molecule has 0 saturated carbocycles. The second kappa shape index (κ2) is 11.1. The van der Waals surface area contributed by atoms with Crippen molar-refractivity contribution < 1.29 is 24.3 Å². The monoisotopic (exact) mass is 471 g/mol. The Labute approximate surface area is 198 Å². The highest BCUT2D eigenvalue weighted by Crippen LogP contribution is 2.19. The molecule has 1 aromatic carbocycles. The van der Waals surface area contributed by atoms with E-state index in [0.29, 0.717) is 6.42 Å². The Bertz CT molecular complexity index is 1040. The molecule has 6 N–H and O–H groups in total. The Hall–Kier alpha value is -3.40. The maximum absolute atomic E-state index is 13.2. The zero-order valence-electron chi connectivity index (χ0n) is 19.7. The lowest BCUT2D eigenvalue weighted by molar-refractivity contribution is -0.143. The van der Waals surface area contributed by atoms with Gasteiger partial charge in [-0.3, -0.25) is 14.4 Å². The third-order valence-corrected chi connectivity index (χ3v) is 6.09. The number of H-pyrrole nitrogens is 1. The SMILES string of the molecule is CC(NC(=O)C(Cc1c[nH]c2ccccc12)NC(=O)C1CCCN1)C(=O)NC(C(=O)O)C(C)C. The van der Waals surface area contributed by atoms with E-state index < -0.39 is 35.9 Å². The van der Waals surface area contributed by atoms with Crippen molar-refractivity contribution in [2.24, 2.45) is 5.92 Å². The number of fused-ring (bicyclic) bond motifs is 1. The Morgan fingerprint density at radius 2 is 1.79 bits per heavy atom. The molecule has 2 heterocycles. The molecule has 184 valence electrons. The van der Waals surface area contributed by atoms with Crippen molar-refractivity contribution in [3.8, 4) is 0 Å². The van der Waals surface area contributed by atoms with E-state index in [0.717, 1.165) is 29.4 Å². The molecule has 4 atom stereocenters. The van der Waals surface area contributed by atoms with Crippen molar-refractivity contribution in [3.05, 3.63) is 36.0 Å². The molecule has 1 aliphatic rings. The van der Waals surface area contributed by atoms with Crippen LogP contribution in [-0.4, -0.2) is 64.5 Å². The number of carbonyl (C=O) groups excluding carboxylic acids is 3. The summed E-state index contributed by atoms with van der Waals surface area (Å²) in [6.45, 7) is 5.60. The average Bonchev–Trinajstić information content (AvgIpc) is 3.47. The Morgan fingerprint density at radius 1 is 1.06 bits per heavy atom. The van der Waals surface area contributed by atoms with Crippen molar-refractivity contribution in [1.29, 1.82) is 0 Å². The van der Waals surface area contributed by atoms with Gasteiger partial charge in [0, 0.05) is 23.5 Å². The quantitative estimate of drug-likeness (QED) is 0.300. The second-order valence-corrected chi connectivity index (χ2v) is 9.07. The predicted molar refractivity (Wildman–Crippen MR) is 127 cm³/mol. The topological polar surface area (TPSA) is 152 Å². The molecule has 3 rings (SSSR count). The molecule has 0 bridgehead atoms. The van der Waals surface area contributed by atoms with Crippen molar-refractivity contribution >= 4 is 34.6 Å². The molecule has 10 nitrogen and oxygen atoms in total. The molecule has 0 radical (unpaired) electrons. The standard InChI is InChI=1S/C24H33N5O5/c1-13(2)20(24(33)34)29-21(30)14(3)27-23(32)19(28-22(31)18-9-6-10-25-18)11-15-12-26-17-8-5-4-7-16(15)17/h4-5,7-8,12-14,18-20,25-26H,6,9-11H2,1-3H3,(H,27,32)(H,28,31)(H,29,30)(H,33,34). The maximum atomic E-state index is 13.2. The van der Waals surface area contributed by atoms with Gasteiger partial charge >= 0.3 is 5.97 Å². The minimum absolute atomic E-state index is 0.229. The number of benzene rings is 1. The van der Waals surface area contributed by atoms with Crippen LogP contribution in [0.5, 0.6) is 0 Å². The van der Waals surface area contributed by atoms with Crippen LogP contribution in [0.2, 0.25) is 0 Å². The van der Waals surface area contributed by atoms with Gasteiger partial charge in [-0.1, -0.05) is 32.0 Å². The Morgan fingerprint density at radius 3 is 2.44 bits per heavy atom. The molecule has 2 aromatic rings. The fourth-order valence-corrected chi connectivity index (χ4v) is 4.08. The van der Waals surface area contributed by atoms with E-state index in [1.807, 2.05) is 24.3 Å². The largest absolute Gasteiger partial charge is 0.480 e. The molecule has 1 aliphatic heterocycles. The second-order valence-electron chi connectivity index (χ2n) is 9.07. The van der Waals surface area contributed by atoms with Crippen LogP contribution in [0.3, 0.4) is 0 Å². The first-order valence-electron chi connectivity index (χ1n) is 11.6. The van der Waals surface area contributed by atoms with Gasteiger partial charge in [-0.2, -0.15) is 0 Å². The fourth-order valence-electron chi connectivity index (χ4n) is 4.08. The van der Waals surface area contributed by atoms with Gasteiger partial charge < -0.3 is 31.4 Å². The smallest absolute Gasteiger partial charge is 0.326 e. The van der Waals surface area contributed by atoms with Gasteiger partial charge in [-0.25, -0.2) is 4.79 Å². The number of carboxylic acid groups (broad SMARTS) is 1. The van der Waals surface area contributed by atoms with E-state index in [4.69, 9.17) is 0 Å². The lowest BCUT2D eigenvalue weighted by atomic mass is 10.0.